The van der Waals surface area contributed by atoms with Crippen LogP contribution in [0.5, 0.6) is 0 Å². The van der Waals surface area contributed by atoms with Crippen molar-refractivity contribution >= 4 is 59.5 Å². The quantitative estimate of drug-likeness (QED) is 0.125. The number of halogens is 1. The number of rotatable bonds is 14. The molecule has 25 heavy (non-hydrogen) atoms. The maximum atomic E-state index is 4.81. The Hall–Kier alpha value is 0.0649. The molecule has 0 aromatic heterocycles. The van der Waals surface area contributed by atoms with Gasteiger partial charge in [-0.05, 0) is 44.1 Å². The molecule has 0 aliphatic carbocycles. The van der Waals surface area contributed by atoms with Gasteiger partial charge >= 0.3 is 0 Å². The van der Waals surface area contributed by atoms with E-state index in [0.29, 0.717) is 0 Å². The van der Waals surface area contributed by atoms with Crippen molar-refractivity contribution in [1.82, 2.24) is 0 Å². The Morgan fingerprint density at radius 1 is 1.16 bits per heavy atom. The third-order valence-corrected chi connectivity index (χ3v) is 5.98. The van der Waals surface area contributed by atoms with E-state index in [-0.39, 0.29) is 0 Å². The molecule has 0 radical (unpaired) electrons. The molecule has 1 rings (SSSR count). The first kappa shape index (κ1) is 23.1. The van der Waals surface area contributed by atoms with E-state index < -0.39 is 0 Å². The number of hydrogen-bond acceptors (Lipinski definition) is 4. The topological polar surface area (TPSA) is 15.3 Å². The molecule has 1 N–H and O–H groups in total. The molecule has 0 aliphatic heterocycles. The van der Waals surface area contributed by atoms with Crippen LogP contribution in [0.3, 0.4) is 0 Å². The van der Waals surface area contributed by atoms with E-state index >= 15 is 0 Å². The van der Waals surface area contributed by atoms with Crippen molar-refractivity contribution < 1.29 is 0 Å². The van der Waals surface area contributed by atoms with Crippen LogP contribution in [0.1, 0.15) is 45.4 Å². The third kappa shape index (κ3) is 8.53. The minimum absolute atomic E-state index is 1.05. The Kier molecular flexibility index (Phi) is 13.1. The fraction of sp³-hybridized carbons (Fsp3) is 0.684. The zero-order valence-electron chi connectivity index (χ0n) is 16.1. The molecule has 0 saturated carbocycles. The van der Waals surface area contributed by atoms with Crippen molar-refractivity contribution in [2.45, 2.75) is 61.6 Å². The van der Waals surface area contributed by atoms with E-state index in [2.05, 4.69) is 59.3 Å². The Labute approximate surface area is 174 Å². The molecule has 0 bridgehead atoms. The van der Waals surface area contributed by atoms with Crippen LogP contribution in [0.25, 0.3) is 0 Å². The number of thiol groups is 1. The Morgan fingerprint density at radius 3 is 2.60 bits per heavy atom. The predicted molar refractivity (Wildman–Crippen MR) is 127 cm³/mol. The number of hydrogen-bond donors (Lipinski definition) is 2. The average Bonchev–Trinajstić information content (AvgIpc) is 2.61. The molecule has 0 saturated heterocycles. The zero-order valence-corrected chi connectivity index (χ0v) is 19.4. The smallest absolute Gasteiger partial charge is 0.101 e. The second-order valence-corrected chi connectivity index (χ2v) is 8.53. The molecule has 1 aromatic rings. The Morgan fingerprint density at radius 2 is 1.96 bits per heavy atom. The van der Waals surface area contributed by atoms with Crippen LogP contribution in [0.4, 0.5) is 11.4 Å². The van der Waals surface area contributed by atoms with Crippen LogP contribution >= 0.6 is 40.3 Å². The zero-order chi connectivity index (χ0) is 18.5. The van der Waals surface area contributed by atoms with Gasteiger partial charge in [0.05, 0.1) is 5.69 Å². The summed E-state index contributed by atoms with van der Waals surface area (Å²) in [5.41, 5.74) is 2.51. The highest BCUT2D eigenvalue weighted by Gasteiger charge is 2.13. The summed E-state index contributed by atoms with van der Waals surface area (Å²) in [5, 5.41) is 4.70. The molecule has 142 valence electrons. The van der Waals surface area contributed by atoms with Gasteiger partial charge in [-0.3, -0.25) is 0 Å². The van der Waals surface area contributed by atoms with Gasteiger partial charge in [-0.1, -0.05) is 42.0 Å². The van der Waals surface area contributed by atoms with Gasteiger partial charge in [0.1, 0.15) is 7.85 Å². The summed E-state index contributed by atoms with van der Waals surface area (Å²) in [4.78, 5) is 4.90. The lowest BCUT2D eigenvalue weighted by molar-refractivity contribution is 0.703. The molecule has 0 spiro atoms. The molecule has 0 amide bonds. The van der Waals surface area contributed by atoms with Gasteiger partial charge in [0.15, 0.2) is 0 Å². The fourth-order valence-corrected chi connectivity index (χ4v) is 4.22. The molecule has 6 heteroatoms. The van der Waals surface area contributed by atoms with Crippen molar-refractivity contribution in [3.05, 3.63) is 12.1 Å². The molecule has 0 unspecified atom stereocenters. The standard InChI is InChI=1S/C19H34BBrN2S2/c1-3-12-23(13-8-6-10-21)17-15-19(25-2)16(14-18(17)24)22-11-7-4-5-9-20/h14-15,22,24H,3-13,20H2,1-2H3. The van der Waals surface area contributed by atoms with Gasteiger partial charge in [-0.15, -0.1) is 24.4 Å². The van der Waals surface area contributed by atoms with Crippen LogP contribution < -0.4 is 10.2 Å². The molecule has 0 aliphatic rings. The van der Waals surface area contributed by atoms with Gasteiger partial charge in [0, 0.05) is 40.4 Å². The average molecular weight is 445 g/mol. The normalized spacial score (nSPS) is 10.9. The van der Waals surface area contributed by atoms with Crippen molar-refractivity contribution in [3.63, 3.8) is 0 Å². The van der Waals surface area contributed by atoms with E-state index in [9.17, 15) is 0 Å². The monoisotopic (exact) mass is 444 g/mol. The minimum atomic E-state index is 1.05. The lowest BCUT2D eigenvalue weighted by Crippen LogP contribution is -2.26. The highest BCUT2D eigenvalue weighted by Crippen LogP contribution is 2.36. The number of benzene rings is 1. The van der Waals surface area contributed by atoms with Crippen LogP contribution in [0.2, 0.25) is 6.32 Å². The van der Waals surface area contributed by atoms with E-state index in [1.54, 1.807) is 0 Å². The minimum Gasteiger partial charge on any atom is -0.384 e. The first-order chi connectivity index (χ1) is 12.2. The predicted octanol–water partition coefficient (Wildman–Crippen LogP) is 5.72. The summed E-state index contributed by atoms with van der Waals surface area (Å²) in [5.74, 6) is 0. The summed E-state index contributed by atoms with van der Waals surface area (Å²) < 4.78 is 0. The number of thioether (sulfide) groups is 1. The highest BCUT2D eigenvalue weighted by atomic mass is 79.9. The van der Waals surface area contributed by atoms with Gasteiger partial charge < -0.3 is 10.2 Å². The molecular formula is C19H34BBrN2S2. The van der Waals surface area contributed by atoms with E-state index in [1.807, 2.05) is 11.8 Å². The van der Waals surface area contributed by atoms with E-state index in [4.69, 9.17) is 12.6 Å². The van der Waals surface area contributed by atoms with Crippen molar-refractivity contribution in [1.29, 1.82) is 0 Å². The number of nitrogens with one attached hydrogen (secondary N) is 1. The van der Waals surface area contributed by atoms with Crippen LogP contribution in [0.15, 0.2) is 21.9 Å². The Balaban J connectivity index is 2.82. The maximum Gasteiger partial charge on any atom is 0.101 e. The number of nitrogens with zero attached hydrogens (tertiary/aromatic N) is 1. The first-order valence-corrected chi connectivity index (χ1v) is 12.4. The number of anilines is 2. The molecule has 0 atom stereocenters. The van der Waals surface area contributed by atoms with Crippen LogP contribution in [0, 0.1) is 0 Å². The van der Waals surface area contributed by atoms with E-state index in [1.165, 1.54) is 54.7 Å². The first-order valence-electron chi connectivity index (χ1n) is 9.63. The molecule has 1 aromatic carbocycles. The second kappa shape index (κ2) is 14.2. The molecular weight excluding hydrogens is 411 g/mol. The second-order valence-electron chi connectivity index (χ2n) is 6.41. The number of alkyl halides is 1. The summed E-state index contributed by atoms with van der Waals surface area (Å²) in [6.45, 7) is 5.49. The summed E-state index contributed by atoms with van der Waals surface area (Å²) >= 11 is 10.2. The van der Waals surface area contributed by atoms with Gasteiger partial charge in [0.2, 0.25) is 0 Å². The fourth-order valence-electron chi connectivity index (χ4n) is 2.91. The SMILES string of the molecule is BCCCCCNc1cc(S)c(N(CCC)CCCCBr)cc1SC. The largest absolute Gasteiger partial charge is 0.384 e. The van der Waals surface area contributed by atoms with Gasteiger partial charge in [0.25, 0.3) is 0 Å². The van der Waals surface area contributed by atoms with E-state index in [0.717, 1.165) is 36.3 Å². The Bertz CT molecular complexity index is 489. The number of unbranched alkanes of at least 4 members (excludes halogenated alkanes) is 3. The molecule has 2 nitrogen and oxygen atoms in total. The van der Waals surface area contributed by atoms with Crippen molar-refractivity contribution in [3.8, 4) is 0 Å². The van der Waals surface area contributed by atoms with Crippen molar-refractivity contribution in [2.75, 3.05) is 41.4 Å². The highest BCUT2D eigenvalue weighted by molar-refractivity contribution is 9.09. The summed E-state index contributed by atoms with van der Waals surface area (Å²) in [7, 11) is 2.26. The summed E-state index contributed by atoms with van der Waals surface area (Å²) in [6, 6.07) is 4.54. The third-order valence-electron chi connectivity index (χ3n) is 4.29. The lowest BCUT2D eigenvalue weighted by atomic mass is 9.99. The molecule has 0 heterocycles. The maximum absolute atomic E-state index is 4.81. The van der Waals surface area contributed by atoms with Crippen LogP contribution in [-0.4, -0.2) is 39.1 Å². The van der Waals surface area contributed by atoms with Crippen LogP contribution in [-0.2, 0) is 0 Å². The van der Waals surface area contributed by atoms with Gasteiger partial charge in [-0.2, -0.15) is 0 Å². The van der Waals surface area contributed by atoms with Crippen molar-refractivity contribution in [2.24, 2.45) is 0 Å². The lowest BCUT2D eigenvalue weighted by Gasteiger charge is -2.27. The summed E-state index contributed by atoms with van der Waals surface area (Å²) in [6.07, 6.45) is 10.9. The van der Waals surface area contributed by atoms with Gasteiger partial charge in [-0.25, -0.2) is 0 Å². The molecule has 0 fully saturated rings.